The van der Waals surface area contributed by atoms with Crippen molar-refractivity contribution >= 4 is 23.8 Å². The fraction of sp³-hybridized carbons (Fsp3) is 0.412. The maximum Gasteiger partial charge on any atom is 0.326 e. The summed E-state index contributed by atoms with van der Waals surface area (Å²) < 4.78 is 18.2. The third kappa shape index (κ3) is 6.88. The summed E-state index contributed by atoms with van der Waals surface area (Å²) in [6.45, 7) is 1.19. The molecule has 2 atom stereocenters. The van der Waals surface area contributed by atoms with Crippen LogP contribution in [-0.4, -0.2) is 48.1 Å². The summed E-state index contributed by atoms with van der Waals surface area (Å²) in [5.41, 5.74) is 0.197. The number of aliphatic carboxylic acids is 1. The van der Waals surface area contributed by atoms with Crippen LogP contribution in [-0.2, 0) is 30.3 Å². The molecule has 142 valence electrons. The number of hydrogen-bond donors (Lipinski definition) is 3. The first-order valence-corrected chi connectivity index (χ1v) is 7.85. The lowest BCUT2D eigenvalue weighted by Crippen LogP contribution is -2.52. The van der Waals surface area contributed by atoms with Crippen LogP contribution in [0.15, 0.2) is 24.3 Å². The third-order valence-electron chi connectivity index (χ3n) is 3.56. The molecule has 1 aromatic carbocycles. The first-order valence-electron chi connectivity index (χ1n) is 7.85. The van der Waals surface area contributed by atoms with Crippen molar-refractivity contribution in [1.82, 2.24) is 10.6 Å². The molecule has 0 heterocycles. The zero-order valence-electron chi connectivity index (χ0n) is 14.5. The molecule has 0 saturated heterocycles. The molecule has 0 spiro atoms. The number of hydrogen-bond acceptors (Lipinski definition) is 5. The van der Waals surface area contributed by atoms with Crippen LogP contribution in [0.1, 0.15) is 25.3 Å². The van der Waals surface area contributed by atoms with Crippen LogP contribution in [0.2, 0.25) is 0 Å². The van der Waals surface area contributed by atoms with Crippen LogP contribution in [0.25, 0.3) is 0 Å². The zero-order chi connectivity index (χ0) is 19.7. The molecule has 3 N–H and O–H groups in total. The highest BCUT2D eigenvalue weighted by atomic mass is 19.1. The Kier molecular flexibility index (Phi) is 8.20. The van der Waals surface area contributed by atoms with E-state index in [1.54, 1.807) is 6.07 Å². The van der Waals surface area contributed by atoms with Gasteiger partial charge in [-0.05, 0) is 18.1 Å². The molecular weight excluding hydrogens is 347 g/mol. The summed E-state index contributed by atoms with van der Waals surface area (Å²) >= 11 is 0. The second-order valence-corrected chi connectivity index (χ2v) is 5.56. The van der Waals surface area contributed by atoms with Crippen LogP contribution in [0.4, 0.5) is 4.39 Å². The Bertz CT molecular complexity index is 679. The number of carbonyl (C=O) groups excluding carboxylic acids is 3. The number of rotatable bonds is 9. The van der Waals surface area contributed by atoms with Crippen LogP contribution < -0.4 is 10.6 Å². The number of carbonyl (C=O) groups is 4. The number of amides is 2. The molecule has 1 rings (SSSR count). The minimum atomic E-state index is -1.35. The van der Waals surface area contributed by atoms with Crippen molar-refractivity contribution in [2.24, 2.45) is 0 Å². The molecule has 26 heavy (non-hydrogen) atoms. The van der Waals surface area contributed by atoms with Gasteiger partial charge in [0.2, 0.25) is 11.8 Å². The number of halogens is 1. The maximum absolute atomic E-state index is 13.8. The first kappa shape index (κ1) is 21.1. The molecule has 0 aliphatic heterocycles. The number of methoxy groups -OCH3 is 1. The van der Waals surface area contributed by atoms with Crippen LogP contribution in [0.3, 0.4) is 0 Å². The highest BCUT2D eigenvalue weighted by Gasteiger charge is 2.27. The summed E-state index contributed by atoms with van der Waals surface area (Å²) in [6.07, 6.45) is -0.534. The van der Waals surface area contributed by atoms with Crippen molar-refractivity contribution in [2.45, 2.75) is 38.3 Å². The van der Waals surface area contributed by atoms with Crippen LogP contribution in [0, 0.1) is 5.82 Å². The van der Waals surface area contributed by atoms with Crippen molar-refractivity contribution in [3.05, 3.63) is 35.6 Å². The van der Waals surface area contributed by atoms with E-state index in [1.807, 2.05) is 0 Å². The van der Waals surface area contributed by atoms with Crippen LogP contribution >= 0.6 is 0 Å². The smallest absolute Gasteiger partial charge is 0.326 e. The average Bonchev–Trinajstić information content (AvgIpc) is 2.58. The van der Waals surface area contributed by atoms with E-state index in [-0.39, 0.29) is 24.8 Å². The molecule has 0 aromatic heterocycles. The van der Waals surface area contributed by atoms with Gasteiger partial charge in [-0.2, -0.15) is 0 Å². The lowest BCUT2D eigenvalue weighted by atomic mass is 10.0. The first-order chi connectivity index (χ1) is 12.2. The second kappa shape index (κ2) is 10.1. The van der Waals surface area contributed by atoms with Gasteiger partial charge >= 0.3 is 11.9 Å². The van der Waals surface area contributed by atoms with Gasteiger partial charge in [-0.15, -0.1) is 0 Å². The van der Waals surface area contributed by atoms with Crippen molar-refractivity contribution < 1.29 is 33.4 Å². The van der Waals surface area contributed by atoms with Gasteiger partial charge in [0, 0.05) is 19.8 Å². The van der Waals surface area contributed by atoms with E-state index >= 15 is 0 Å². The number of esters is 1. The Labute approximate surface area is 149 Å². The average molecular weight is 368 g/mol. The fourth-order valence-electron chi connectivity index (χ4n) is 2.23. The normalized spacial score (nSPS) is 12.6. The molecule has 0 aliphatic rings. The van der Waals surface area contributed by atoms with Crippen molar-refractivity contribution in [3.63, 3.8) is 0 Å². The Balaban J connectivity index is 2.86. The molecular formula is C17H21FN2O6. The topological polar surface area (TPSA) is 122 Å². The van der Waals surface area contributed by atoms with E-state index < -0.39 is 41.7 Å². The van der Waals surface area contributed by atoms with E-state index in [4.69, 9.17) is 0 Å². The molecule has 0 saturated carbocycles. The number of carboxylic acids is 1. The zero-order valence-corrected chi connectivity index (χ0v) is 14.5. The third-order valence-corrected chi connectivity index (χ3v) is 3.56. The number of ether oxygens (including phenoxy) is 1. The van der Waals surface area contributed by atoms with Crippen molar-refractivity contribution in [1.29, 1.82) is 0 Å². The van der Waals surface area contributed by atoms with Gasteiger partial charge in [0.05, 0.1) is 7.11 Å². The van der Waals surface area contributed by atoms with Gasteiger partial charge in [0.25, 0.3) is 0 Å². The molecule has 8 nitrogen and oxygen atoms in total. The van der Waals surface area contributed by atoms with Gasteiger partial charge in [-0.3, -0.25) is 14.4 Å². The molecule has 0 radical (unpaired) electrons. The number of carboxylic acid groups (broad SMARTS) is 1. The molecule has 1 aromatic rings. The maximum atomic E-state index is 13.8. The Hall–Kier alpha value is -2.97. The van der Waals surface area contributed by atoms with E-state index in [0.717, 1.165) is 7.11 Å². The summed E-state index contributed by atoms with van der Waals surface area (Å²) in [5, 5.41) is 13.8. The lowest BCUT2D eigenvalue weighted by molar-refractivity contribution is -0.144. The van der Waals surface area contributed by atoms with Crippen LogP contribution in [0.5, 0.6) is 0 Å². The summed E-state index contributed by atoms with van der Waals surface area (Å²) in [7, 11) is 1.16. The summed E-state index contributed by atoms with van der Waals surface area (Å²) in [5.74, 6) is -3.82. The SMILES string of the molecule is COC(=O)CC[C@@H](NC(=O)[C@@H](Cc1ccccc1F)NC(C)=O)C(=O)O. The molecule has 0 aliphatic carbocycles. The van der Waals surface area contributed by atoms with Gasteiger partial charge in [-0.1, -0.05) is 18.2 Å². The van der Waals surface area contributed by atoms with Gasteiger partial charge in [0.15, 0.2) is 0 Å². The molecule has 0 bridgehead atoms. The van der Waals surface area contributed by atoms with E-state index in [0.29, 0.717) is 0 Å². The monoisotopic (exact) mass is 368 g/mol. The molecule has 2 amide bonds. The highest BCUT2D eigenvalue weighted by Crippen LogP contribution is 2.10. The Morgan fingerprint density at radius 2 is 1.81 bits per heavy atom. The predicted octanol–water partition coefficient (Wildman–Crippen LogP) is 0.395. The van der Waals surface area contributed by atoms with E-state index in [9.17, 15) is 28.7 Å². The van der Waals surface area contributed by atoms with E-state index in [1.165, 1.54) is 25.1 Å². The predicted molar refractivity (Wildman–Crippen MR) is 88.5 cm³/mol. The summed E-state index contributed by atoms with van der Waals surface area (Å²) in [6, 6.07) is 3.23. The van der Waals surface area contributed by atoms with Crippen molar-refractivity contribution in [2.75, 3.05) is 7.11 Å². The number of benzene rings is 1. The van der Waals surface area contributed by atoms with Crippen molar-refractivity contribution in [3.8, 4) is 0 Å². The number of nitrogens with one attached hydrogen (secondary N) is 2. The fourth-order valence-corrected chi connectivity index (χ4v) is 2.23. The van der Waals surface area contributed by atoms with E-state index in [2.05, 4.69) is 15.4 Å². The molecule has 0 fully saturated rings. The molecule has 0 unspecified atom stereocenters. The van der Waals surface area contributed by atoms with Gasteiger partial charge in [-0.25, -0.2) is 9.18 Å². The Morgan fingerprint density at radius 1 is 1.15 bits per heavy atom. The minimum Gasteiger partial charge on any atom is -0.480 e. The minimum absolute atomic E-state index is 0.151. The lowest BCUT2D eigenvalue weighted by Gasteiger charge is -2.21. The molecule has 9 heteroatoms. The quantitative estimate of drug-likeness (QED) is 0.542. The van der Waals surface area contributed by atoms with Gasteiger partial charge < -0.3 is 20.5 Å². The standard InChI is InChI=1S/C17H21FN2O6/c1-10(21)19-14(9-11-5-3-4-6-12(11)18)16(23)20-13(17(24)25)7-8-15(22)26-2/h3-6,13-14H,7-9H2,1-2H3,(H,19,21)(H,20,23)(H,24,25)/t13-,14-/m1/s1. The summed E-state index contributed by atoms with van der Waals surface area (Å²) in [4.78, 5) is 46.2. The Morgan fingerprint density at radius 3 is 2.35 bits per heavy atom. The second-order valence-electron chi connectivity index (χ2n) is 5.56. The largest absolute Gasteiger partial charge is 0.480 e. The highest BCUT2D eigenvalue weighted by molar-refractivity contribution is 5.90. The van der Waals surface area contributed by atoms with Gasteiger partial charge in [0.1, 0.15) is 17.9 Å².